The third-order valence-electron chi connectivity index (χ3n) is 14.4. The Morgan fingerprint density at radius 2 is 0.481 bits per heavy atom. The number of hydrogen-bond donors (Lipinski definition) is 0. The fourth-order valence-electron chi connectivity index (χ4n) is 9.40. The molecule has 1 unspecified atom stereocenters. The van der Waals surface area contributed by atoms with Gasteiger partial charge in [-0.05, 0) is 128 Å². The number of esters is 3. The molecule has 0 aromatic heterocycles. The van der Waals surface area contributed by atoms with E-state index < -0.39 is 6.10 Å². The highest BCUT2D eigenvalue weighted by molar-refractivity contribution is 5.71. The fourth-order valence-corrected chi connectivity index (χ4v) is 9.40. The van der Waals surface area contributed by atoms with Crippen LogP contribution in [0.5, 0.6) is 0 Å². The predicted molar refractivity (Wildman–Crippen MR) is 353 cm³/mol. The average Bonchev–Trinajstić information content (AvgIpc) is 3.46. The van der Waals surface area contributed by atoms with Gasteiger partial charge in [0.25, 0.3) is 0 Å². The van der Waals surface area contributed by atoms with Crippen LogP contribution in [0.3, 0.4) is 0 Å². The zero-order valence-electron chi connectivity index (χ0n) is 53.0. The molecular weight excluding hydrogens is 997 g/mol. The lowest BCUT2D eigenvalue weighted by Crippen LogP contribution is -2.30. The molecule has 0 rings (SSSR count). The Hall–Kier alpha value is -4.19. The summed E-state index contributed by atoms with van der Waals surface area (Å²) in [6.07, 6.45) is 95.2. The molecule has 0 bridgehead atoms. The zero-order valence-corrected chi connectivity index (χ0v) is 53.0. The summed E-state index contributed by atoms with van der Waals surface area (Å²) in [5.74, 6) is -0.974. The van der Waals surface area contributed by atoms with Crippen molar-refractivity contribution in [3.63, 3.8) is 0 Å². The summed E-state index contributed by atoms with van der Waals surface area (Å²) in [5.41, 5.74) is 0. The van der Waals surface area contributed by atoms with Crippen molar-refractivity contribution >= 4 is 17.9 Å². The Morgan fingerprint density at radius 3 is 0.802 bits per heavy atom. The fraction of sp³-hybridized carbons (Fsp3) is 0.693. The second-order valence-corrected chi connectivity index (χ2v) is 22.3. The molecule has 0 saturated carbocycles. The molecule has 0 aliphatic carbocycles. The summed E-state index contributed by atoms with van der Waals surface area (Å²) >= 11 is 0. The van der Waals surface area contributed by atoms with E-state index in [1.54, 1.807) is 0 Å². The van der Waals surface area contributed by atoms with Crippen LogP contribution in [0.1, 0.15) is 316 Å². The molecule has 0 aliphatic heterocycles. The molecule has 6 nitrogen and oxygen atoms in total. The molecule has 1 atom stereocenters. The van der Waals surface area contributed by atoms with Crippen molar-refractivity contribution in [2.45, 2.75) is 322 Å². The highest BCUT2D eigenvalue weighted by Gasteiger charge is 2.19. The monoisotopic (exact) mass is 1120 g/mol. The van der Waals surface area contributed by atoms with Crippen LogP contribution in [0.15, 0.2) is 122 Å². The van der Waals surface area contributed by atoms with E-state index in [-0.39, 0.29) is 37.5 Å². The van der Waals surface area contributed by atoms with Crippen LogP contribution in [0, 0.1) is 0 Å². The largest absolute Gasteiger partial charge is 0.462 e. The van der Waals surface area contributed by atoms with E-state index in [9.17, 15) is 14.4 Å². The first kappa shape index (κ1) is 76.8. The number of ether oxygens (including phenoxy) is 3. The van der Waals surface area contributed by atoms with Gasteiger partial charge in [0.15, 0.2) is 6.10 Å². The van der Waals surface area contributed by atoms with E-state index in [4.69, 9.17) is 14.2 Å². The van der Waals surface area contributed by atoms with Crippen LogP contribution < -0.4 is 0 Å². The molecule has 0 spiro atoms. The molecule has 81 heavy (non-hydrogen) atoms. The van der Waals surface area contributed by atoms with Crippen LogP contribution in [0.25, 0.3) is 0 Å². The highest BCUT2D eigenvalue weighted by atomic mass is 16.6. The van der Waals surface area contributed by atoms with Gasteiger partial charge < -0.3 is 14.2 Å². The topological polar surface area (TPSA) is 78.9 Å². The van der Waals surface area contributed by atoms with Gasteiger partial charge in [0.2, 0.25) is 0 Å². The maximum Gasteiger partial charge on any atom is 0.306 e. The van der Waals surface area contributed by atoms with Crippen LogP contribution >= 0.6 is 0 Å². The van der Waals surface area contributed by atoms with Gasteiger partial charge in [-0.2, -0.15) is 0 Å². The molecule has 0 amide bonds. The first-order valence-corrected chi connectivity index (χ1v) is 34.0. The maximum absolute atomic E-state index is 12.9. The molecule has 0 aromatic carbocycles. The normalized spacial score (nSPS) is 12.9. The van der Waals surface area contributed by atoms with E-state index in [1.165, 1.54) is 154 Å². The van der Waals surface area contributed by atoms with Crippen molar-refractivity contribution in [1.29, 1.82) is 0 Å². The molecule has 0 fully saturated rings. The molecule has 0 saturated heterocycles. The summed E-state index contributed by atoms with van der Waals surface area (Å²) in [5, 5.41) is 0. The molecule has 6 heteroatoms. The van der Waals surface area contributed by atoms with Gasteiger partial charge >= 0.3 is 17.9 Å². The molecule has 462 valence electrons. The number of hydrogen-bond acceptors (Lipinski definition) is 6. The van der Waals surface area contributed by atoms with Gasteiger partial charge in [0, 0.05) is 19.3 Å². The minimum Gasteiger partial charge on any atom is -0.462 e. The van der Waals surface area contributed by atoms with Crippen LogP contribution in [0.4, 0.5) is 0 Å². The minimum atomic E-state index is -0.817. The van der Waals surface area contributed by atoms with E-state index in [2.05, 4.69) is 142 Å². The first-order chi connectivity index (χ1) is 40.0. The number of rotatable bonds is 61. The number of allylic oxidation sites excluding steroid dienone is 20. The van der Waals surface area contributed by atoms with Gasteiger partial charge in [-0.3, -0.25) is 14.4 Å². The summed E-state index contributed by atoms with van der Waals surface area (Å²) in [6.45, 7) is 6.37. The third-order valence-corrected chi connectivity index (χ3v) is 14.4. The van der Waals surface area contributed by atoms with Crippen LogP contribution in [0.2, 0.25) is 0 Å². The lowest BCUT2D eigenvalue weighted by molar-refractivity contribution is -0.167. The van der Waals surface area contributed by atoms with Crippen LogP contribution in [-0.4, -0.2) is 37.2 Å². The number of carbonyl (C=O) groups excluding carboxylic acids is 3. The first-order valence-electron chi connectivity index (χ1n) is 34.0. The predicted octanol–water partition coefficient (Wildman–Crippen LogP) is 23.6. The van der Waals surface area contributed by atoms with E-state index in [1.807, 2.05) is 0 Å². The lowest BCUT2D eigenvalue weighted by atomic mass is 10.0. The van der Waals surface area contributed by atoms with Crippen molar-refractivity contribution in [1.82, 2.24) is 0 Å². The second-order valence-electron chi connectivity index (χ2n) is 22.3. The standard InChI is InChI=1S/C75H126O6/c1-4-7-10-13-16-19-22-25-27-29-31-33-34-35-36-37-38-39-40-42-43-45-47-50-53-56-59-62-65-68-74(77)80-71-72(70-79-73(76)67-64-61-58-55-52-49-24-21-18-15-12-9-6-3)81-75(78)69-66-63-60-57-54-51-48-46-44-41-32-30-28-26-23-20-17-14-11-8-5-2/h8-9,11-12,17-18,20-21,26,28-29,31-32,41,46,48-49,52,54,57,72H,4-7,10,13-16,19,22-25,27,30,33-40,42-45,47,50-51,53,55-56,58-71H2,1-3H3/b11-8-,12-9-,20-17-,21-18-,28-26-,31-29-,41-32-,48-46-,52-49-,57-54-. The van der Waals surface area contributed by atoms with Crippen molar-refractivity contribution in [2.75, 3.05) is 13.2 Å². The smallest absolute Gasteiger partial charge is 0.306 e. The highest BCUT2D eigenvalue weighted by Crippen LogP contribution is 2.17. The Labute approximate surface area is 501 Å². The Balaban J connectivity index is 4.32. The molecule has 0 aromatic rings. The Morgan fingerprint density at radius 1 is 0.259 bits per heavy atom. The van der Waals surface area contributed by atoms with Gasteiger partial charge in [-0.1, -0.05) is 290 Å². The molecule has 0 N–H and O–H groups in total. The third kappa shape index (κ3) is 66.5. The van der Waals surface area contributed by atoms with E-state index >= 15 is 0 Å². The molecular formula is C75H126O6. The lowest BCUT2D eigenvalue weighted by Gasteiger charge is -2.18. The van der Waals surface area contributed by atoms with E-state index in [0.29, 0.717) is 19.3 Å². The quantitative estimate of drug-likeness (QED) is 0.0261. The van der Waals surface area contributed by atoms with Gasteiger partial charge in [-0.25, -0.2) is 0 Å². The summed E-state index contributed by atoms with van der Waals surface area (Å²) in [4.78, 5) is 38.3. The van der Waals surface area contributed by atoms with Crippen molar-refractivity contribution in [3.8, 4) is 0 Å². The minimum absolute atomic E-state index is 0.106. The Kier molecular flexibility index (Phi) is 64.8. The van der Waals surface area contributed by atoms with E-state index in [0.717, 1.165) is 116 Å². The molecule has 0 heterocycles. The summed E-state index contributed by atoms with van der Waals surface area (Å²) in [6, 6.07) is 0. The molecule has 0 radical (unpaired) electrons. The van der Waals surface area contributed by atoms with Crippen molar-refractivity contribution in [2.24, 2.45) is 0 Å². The molecule has 0 aliphatic rings. The maximum atomic E-state index is 12.9. The van der Waals surface area contributed by atoms with Crippen molar-refractivity contribution in [3.05, 3.63) is 122 Å². The second kappa shape index (κ2) is 68.3. The summed E-state index contributed by atoms with van der Waals surface area (Å²) < 4.78 is 16.9. The number of unbranched alkanes of at least 4 members (excludes halogenated alkanes) is 30. The van der Waals surface area contributed by atoms with Gasteiger partial charge in [-0.15, -0.1) is 0 Å². The average molecular weight is 1120 g/mol. The number of carbonyl (C=O) groups is 3. The zero-order chi connectivity index (χ0) is 58.5. The SMILES string of the molecule is CC/C=C\C/C=C\C/C=C\C/C=C\C/C=C\C/C=C\CCCCC(=O)OC(COC(=O)CCCCC/C=C\C/C=C\C/C=C\CC)COC(=O)CCCCCCCCCCCCCCCCCCC/C=C\CCCCCCCCCC. The van der Waals surface area contributed by atoms with Crippen LogP contribution in [-0.2, 0) is 28.6 Å². The van der Waals surface area contributed by atoms with Gasteiger partial charge in [0.05, 0.1) is 0 Å². The van der Waals surface area contributed by atoms with Crippen molar-refractivity contribution < 1.29 is 28.6 Å². The Bertz CT molecular complexity index is 1670. The summed E-state index contributed by atoms with van der Waals surface area (Å²) in [7, 11) is 0. The van der Waals surface area contributed by atoms with Gasteiger partial charge in [0.1, 0.15) is 13.2 Å².